The summed E-state index contributed by atoms with van der Waals surface area (Å²) in [5.41, 5.74) is -0.770. The second kappa shape index (κ2) is 8.92. The van der Waals surface area contributed by atoms with Crippen molar-refractivity contribution in [3.8, 4) is 0 Å². The first-order chi connectivity index (χ1) is 10.7. The minimum atomic E-state index is -0.782. The second-order valence-corrected chi connectivity index (χ2v) is 8.06. The van der Waals surface area contributed by atoms with Crippen molar-refractivity contribution in [2.24, 2.45) is 5.41 Å². The number of thiol groups is 1. The SMILES string of the molecule is CC(C)(C)OC(=O)CCC1(CC(=O)O)CCC(NCCS)CC1. The Morgan fingerprint density at radius 2 is 1.91 bits per heavy atom. The highest BCUT2D eigenvalue weighted by atomic mass is 32.1. The fourth-order valence-electron chi connectivity index (χ4n) is 3.30. The zero-order valence-electron chi connectivity index (χ0n) is 14.6. The lowest BCUT2D eigenvalue weighted by Crippen LogP contribution is -2.39. The smallest absolute Gasteiger partial charge is 0.306 e. The highest BCUT2D eigenvalue weighted by Crippen LogP contribution is 2.43. The van der Waals surface area contributed by atoms with Gasteiger partial charge in [-0.1, -0.05) is 0 Å². The lowest BCUT2D eigenvalue weighted by atomic mass is 9.68. The van der Waals surface area contributed by atoms with Crippen molar-refractivity contribution < 1.29 is 19.4 Å². The summed E-state index contributed by atoms with van der Waals surface area (Å²) < 4.78 is 5.35. The molecule has 0 radical (unpaired) electrons. The predicted molar refractivity (Wildman–Crippen MR) is 93.9 cm³/mol. The van der Waals surface area contributed by atoms with Gasteiger partial charge < -0.3 is 15.2 Å². The monoisotopic (exact) mass is 345 g/mol. The summed E-state index contributed by atoms with van der Waals surface area (Å²) >= 11 is 4.20. The number of ether oxygens (including phenoxy) is 1. The standard InChI is InChI=1S/C17H31NO4S/c1-16(2,3)22-15(21)6-9-17(12-14(19)20)7-4-13(5-8-17)18-10-11-23/h13,18,23H,4-12H2,1-3H3,(H,19,20). The first kappa shape index (κ1) is 20.3. The molecule has 23 heavy (non-hydrogen) atoms. The second-order valence-electron chi connectivity index (χ2n) is 7.61. The number of aliphatic carboxylic acids is 1. The van der Waals surface area contributed by atoms with E-state index in [0.717, 1.165) is 38.0 Å². The average molecular weight is 346 g/mol. The number of carboxylic acid groups (broad SMARTS) is 1. The summed E-state index contributed by atoms with van der Waals surface area (Å²) in [4.78, 5) is 23.2. The molecular weight excluding hydrogens is 314 g/mol. The van der Waals surface area contributed by atoms with Crippen molar-refractivity contribution in [2.45, 2.75) is 77.4 Å². The molecular formula is C17H31NO4S. The van der Waals surface area contributed by atoms with E-state index in [4.69, 9.17) is 4.74 Å². The molecule has 0 heterocycles. The normalized spacial score (nSPS) is 25.1. The Kier molecular flexibility index (Phi) is 7.87. The molecule has 0 aromatic heterocycles. The van der Waals surface area contributed by atoms with Crippen LogP contribution >= 0.6 is 12.6 Å². The fraction of sp³-hybridized carbons (Fsp3) is 0.882. The lowest BCUT2D eigenvalue weighted by molar-refractivity contribution is -0.156. The van der Waals surface area contributed by atoms with Crippen molar-refractivity contribution in [1.82, 2.24) is 5.32 Å². The summed E-state index contributed by atoms with van der Waals surface area (Å²) in [6.45, 7) is 6.40. The summed E-state index contributed by atoms with van der Waals surface area (Å²) in [5.74, 6) is -0.219. The molecule has 0 unspecified atom stereocenters. The van der Waals surface area contributed by atoms with Crippen LogP contribution in [0, 0.1) is 5.41 Å². The van der Waals surface area contributed by atoms with Crippen molar-refractivity contribution >= 4 is 24.6 Å². The van der Waals surface area contributed by atoms with Gasteiger partial charge in [0.1, 0.15) is 5.60 Å². The van der Waals surface area contributed by atoms with Gasteiger partial charge in [-0.2, -0.15) is 12.6 Å². The Bertz CT molecular complexity index is 398. The van der Waals surface area contributed by atoms with Gasteiger partial charge in [0.05, 0.1) is 6.42 Å². The number of hydrogen-bond acceptors (Lipinski definition) is 5. The van der Waals surface area contributed by atoms with Crippen LogP contribution in [0.5, 0.6) is 0 Å². The average Bonchev–Trinajstić information content (AvgIpc) is 2.42. The number of carbonyl (C=O) groups is 2. The van der Waals surface area contributed by atoms with E-state index in [-0.39, 0.29) is 17.8 Å². The Balaban J connectivity index is 2.56. The van der Waals surface area contributed by atoms with Crippen LogP contribution < -0.4 is 5.32 Å². The van der Waals surface area contributed by atoms with Crippen molar-refractivity contribution in [3.05, 3.63) is 0 Å². The predicted octanol–water partition coefficient (Wildman–Crippen LogP) is 3.03. The molecule has 0 aromatic rings. The number of nitrogens with one attached hydrogen (secondary N) is 1. The molecule has 0 amide bonds. The van der Waals surface area contributed by atoms with E-state index >= 15 is 0 Å². The van der Waals surface area contributed by atoms with Gasteiger partial charge >= 0.3 is 11.9 Å². The summed E-state index contributed by atoms with van der Waals surface area (Å²) in [6, 6.07) is 0.436. The number of carbonyl (C=O) groups excluding carboxylic acids is 1. The van der Waals surface area contributed by atoms with Crippen LogP contribution in [0.15, 0.2) is 0 Å². The molecule has 1 fully saturated rings. The summed E-state index contributed by atoms with van der Waals surface area (Å²) in [5, 5.41) is 12.7. The van der Waals surface area contributed by atoms with Gasteiger partial charge in [-0.25, -0.2) is 0 Å². The third-order valence-electron chi connectivity index (χ3n) is 4.40. The molecule has 134 valence electrons. The van der Waals surface area contributed by atoms with Crippen molar-refractivity contribution in [3.63, 3.8) is 0 Å². The number of carboxylic acids is 1. The Hall–Kier alpha value is -0.750. The molecule has 0 saturated heterocycles. The molecule has 0 aromatic carbocycles. The third-order valence-corrected chi connectivity index (χ3v) is 4.62. The minimum Gasteiger partial charge on any atom is -0.481 e. The number of hydrogen-bond donors (Lipinski definition) is 3. The molecule has 5 nitrogen and oxygen atoms in total. The van der Waals surface area contributed by atoms with E-state index in [0.29, 0.717) is 18.9 Å². The molecule has 0 atom stereocenters. The van der Waals surface area contributed by atoms with Crippen LogP contribution in [0.25, 0.3) is 0 Å². The van der Waals surface area contributed by atoms with Crippen LogP contribution in [0.1, 0.15) is 65.7 Å². The van der Waals surface area contributed by atoms with E-state index in [1.807, 2.05) is 20.8 Å². The van der Waals surface area contributed by atoms with E-state index in [9.17, 15) is 14.7 Å². The molecule has 0 spiro atoms. The Morgan fingerprint density at radius 1 is 1.30 bits per heavy atom. The maximum atomic E-state index is 11.9. The molecule has 1 saturated carbocycles. The maximum absolute atomic E-state index is 11.9. The van der Waals surface area contributed by atoms with Gasteiger partial charge in [0.2, 0.25) is 0 Å². The highest BCUT2D eigenvalue weighted by molar-refractivity contribution is 7.80. The Labute approximate surface area is 145 Å². The molecule has 0 aliphatic heterocycles. The van der Waals surface area contributed by atoms with Gasteiger partial charge in [0.15, 0.2) is 0 Å². The van der Waals surface area contributed by atoms with Crippen molar-refractivity contribution in [2.75, 3.05) is 12.3 Å². The van der Waals surface area contributed by atoms with E-state index in [1.54, 1.807) is 0 Å². The van der Waals surface area contributed by atoms with Crippen molar-refractivity contribution in [1.29, 1.82) is 0 Å². The quantitative estimate of drug-likeness (QED) is 0.466. The first-order valence-electron chi connectivity index (χ1n) is 8.44. The first-order valence-corrected chi connectivity index (χ1v) is 9.07. The molecule has 1 aliphatic rings. The largest absolute Gasteiger partial charge is 0.481 e. The zero-order valence-corrected chi connectivity index (χ0v) is 15.5. The number of rotatable bonds is 8. The topological polar surface area (TPSA) is 75.6 Å². The zero-order chi connectivity index (χ0) is 17.5. The van der Waals surface area contributed by atoms with Gasteiger partial charge in [-0.3, -0.25) is 9.59 Å². The summed E-state index contributed by atoms with van der Waals surface area (Å²) in [7, 11) is 0. The van der Waals surface area contributed by atoms with Gasteiger partial charge in [0.25, 0.3) is 0 Å². The van der Waals surface area contributed by atoms with Crippen LogP contribution in [0.3, 0.4) is 0 Å². The Morgan fingerprint density at radius 3 is 2.39 bits per heavy atom. The van der Waals surface area contributed by atoms with Crippen LogP contribution in [0.2, 0.25) is 0 Å². The molecule has 2 N–H and O–H groups in total. The van der Waals surface area contributed by atoms with Crippen LogP contribution in [-0.2, 0) is 14.3 Å². The lowest BCUT2D eigenvalue weighted by Gasteiger charge is -2.39. The molecule has 1 aliphatic carbocycles. The van der Waals surface area contributed by atoms with Gasteiger partial charge in [-0.05, 0) is 58.3 Å². The maximum Gasteiger partial charge on any atom is 0.306 e. The minimum absolute atomic E-state index is 0.134. The van der Waals surface area contributed by atoms with Crippen LogP contribution in [-0.4, -0.2) is 41.0 Å². The van der Waals surface area contributed by atoms with E-state index in [1.165, 1.54) is 0 Å². The van der Waals surface area contributed by atoms with E-state index in [2.05, 4.69) is 17.9 Å². The van der Waals surface area contributed by atoms with Gasteiger partial charge in [-0.15, -0.1) is 0 Å². The summed E-state index contributed by atoms with van der Waals surface area (Å²) in [6.07, 6.45) is 4.60. The molecule has 0 bridgehead atoms. The molecule has 1 rings (SSSR count). The van der Waals surface area contributed by atoms with Crippen LogP contribution in [0.4, 0.5) is 0 Å². The highest BCUT2D eigenvalue weighted by Gasteiger charge is 2.37. The fourth-order valence-corrected chi connectivity index (χ4v) is 3.43. The third kappa shape index (κ3) is 8.06. The van der Waals surface area contributed by atoms with E-state index < -0.39 is 11.6 Å². The van der Waals surface area contributed by atoms with Gasteiger partial charge in [0, 0.05) is 24.8 Å². The molecule has 6 heteroatoms. The number of esters is 1.